The number of phenols is 1. The van der Waals surface area contributed by atoms with Crippen LogP contribution in [0.15, 0.2) is 45.6 Å². The Labute approximate surface area is 146 Å². The molecule has 0 fully saturated rings. The molecule has 1 N–H and O–H groups in total. The highest BCUT2D eigenvalue weighted by Crippen LogP contribution is 2.41. The molecular formula is C21H21NO3. The van der Waals surface area contributed by atoms with Crippen LogP contribution in [-0.4, -0.2) is 18.7 Å². The maximum atomic E-state index is 12.7. The lowest BCUT2D eigenvalue weighted by atomic mass is 9.94. The largest absolute Gasteiger partial charge is 0.506 e. The molecule has 2 aromatic carbocycles. The normalized spacial score (nSPS) is 13.9. The highest BCUT2D eigenvalue weighted by molar-refractivity contribution is 5.92. The number of anilines is 1. The second kappa shape index (κ2) is 5.96. The molecule has 128 valence electrons. The average Bonchev–Trinajstić information content (AvgIpc) is 2.61. The van der Waals surface area contributed by atoms with E-state index in [9.17, 15) is 9.90 Å². The monoisotopic (exact) mass is 335 g/mol. The summed E-state index contributed by atoms with van der Waals surface area (Å²) in [6.45, 7) is 2.83. The summed E-state index contributed by atoms with van der Waals surface area (Å²) in [4.78, 5) is 14.7. The van der Waals surface area contributed by atoms with Gasteiger partial charge < -0.3 is 14.4 Å². The molecule has 1 aromatic heterocycles. The van der Waals surface area contributed by atoms with Crippen molar-refractivity contribution in [2.45, 2.75) is 26.2 Å². The molecule has 4 rings (SSSR count). The maximum Gasteiger partial charge on any atom is 0.340 e. The van der Waals surface area contributed by atoms with Crippen molar-refractivity contribution < 1.29 is 9.52 Å². The van der Waals surface area contributed by atoms with Gasteiger partial charge in [0.2, 0.25) is 0 Å². The van der Waals surface area contributed by atoms with E-state index in [1.165, 1.54) is 0 Å². The molecule has 0 saturated carbocycles. The molecule has 0 amide bonds. The van der Waals surface area contributed by atoms with Gasteiger partial charge in [-0.1, -0.05) is 30.3 Å². The fraction of sp³-hybridized carbons (Fsp3) is 0.286. The zero-order valence-corrected chi connectivity index (χ0v) is 14.5. The molecule has 0 spiro atoms. The zero-order valence-electron chi connectivity index (χ0n) is 14.5. The minimum Gasteiger partial charge on any atom is -0.506 e. The number of phenolic OH excluding ortho intramolecular Hbond substituents is 1. The minimum absolute atomic E-state index is 0.257. The summed E-state index contributed by atoms with van der Waals surface area (Å²) >= 11 is 0. The van der Waals surface area contributed by atoms with Gasteiger partial charge in [-0.25, -0.2) is 4.79 Å². The Hall–Kier alpha value is -2.75. The molecule has 1 aliphatic heterocycles. The van der Waals surface area contributed by atoms with Crippen LogP contribution in [0.2, 0.25) is 0 Å². The molecule has 1 aliphatic rings. The van der Waals surface area contributed by atoms with Crippen molar-refractivity contribution in [2.24, 2.45) is 0 Å². The molecule has 0 atom stereocenters. The molecule has 0 aliphatic carbocycles. The Balaban J connectivity index is 1.94. The lowest BCUT2D eigenvalue weighted by Gasteiger charge is -2.29. The molecule has 2 heterocycles. The highest BCUT2D eigenvalue weighted by Gasteiger charge is 2.24. The first-order valence-electron chi connectivity index (χ1n) is 8.62. The van der Waals surface area contributed by atoms with Crippen LogP contribution in [0.1, 0.15) is 28.7 Å². The lowest BCUT2D eigenvalue weighted by molar-refractivity contribution is 0.471. The molecule has 4 heteroatoms. The third kappa shape index (κ3) is 2.58. The van der Waals surface area contributed by atoms with Gasteiger partial charge in [-0.2, -0.15) is 0 Å². The van der Waals surface area contributed by atoms with Crippen molar-refractivity contribution in [1.29, 1.82) is 0 Å². The van der Waals surface area contributed by atoms with Crippen molar-refractivity contribution in [3.63, 3.8) is 0 Å². The van der Waals surface area contributed by atoms with Crippen LogP contribution < -0.4 is 10.5 Å². The van der Waals surface area contributed by atoms with Gasteiger partial charge in [0, 0.05) is 36.5 Å². The van der Waals surface area contributed by atoms with Crippen molar-refractivity contribution in [2.75, 3.05) is 18.5 Å². The van der Waals surface area contributed by atoms with E-state index < -0.39 is 0 Å². The molecule has 3 aromatic rings. The highest BCUT2D eigenvalue weighted by atomic mass is 16.4. The summed E-state index contributed by atoms with van der Waals surface area (Å²) < 4.78 is 5.75. The van der Waals surface area contributed by atoms with Gasteiger partial charge in [-0.15, -0.1) is 0 Å². The second-order valence-corrected chi connectivity index (χ2v) is 6.78. The first-order valence-corrected chi connectivity index (χ1v) is 8.62. The minimum atomic E-state index is -0.282. The maximum absolute atomic E-state index is 12.7. The van der Waals surface area contributed by atoms with Crippen molar-refractivity contribution in [3.8, 4) is 5.75 Å². The lowest BCUT2D eigenvalue weighted by Crippen LogP contribution is -2.25. The Morgan fingerprint density at radius 1 is 1.24 bits per heavy atom. The standard InChI is InChI=1S/C21H21NO3/c1-13-16-12-18(23)19-15(9-6-10-22(19)2)20(16)25-21(24)17(13)11-14-7-4-3-5-8-14/h3-5,7-8,12,23H,6,9-11H2,1-2H3. The van der Waals surface area contributed by atoms with Crippen molar-refractivity contribution >= 4 is 16.7 Å². The molecule has 0 radical (unpaired) electrons. The van der Waals surface area contributed by atoms with E-state index in [0.29, 0.717) is 17.6 Å². The van der Waals surface area contributed by atoms with Gasteiger partial charge in [0.1, 0.15) is 11.3 Å². The molecule has 0 unspecified atom stereocenters. The number of benzene rings is 2. The third-order valence-corrected chi connectivity index (χ3v) is 5.15. The van der Waals surface area contributed by atoms with Crippen LogP contribution in [0, 0.1) is 6.92 Å². The van der Waals surface area contributed by atoms with Crippen LogP contribution in [0.25, 0.3) is 11.0 Å². The predicted molar refractivity (Wildman–Crippen MR) is 99.7 cm³/mol. The number of nitrogens with zero attached hydrogens (tertiary/aromatic N) is 1. The summed E-state index contributed by atoms with van der Waals surface area (Å²) in [6, 6.07) is 11.6. The van der Waals surface area contributed by atoms with Crippen LogP contribution in [0.4, 0.5) is 5.69 Å². The Bertz CT molecular complexity index is 1010. The van der Waals surface area contributed by atoms with Crippen LogP contribution >= 0.6 is 0 Å². The number of hydrogen-bond acceptors (Lipinski definition) is 4. The number of fused-ring (bicyclic) bond motifs is 3. The van der Waals surface area contributed by atoms with Gasteiger partial charge in [0.15, 0.2) is 0 Å². The summed E-state index contributed by atoms with van der Waals surface area (Å²) in [7, 11) is 1.96. The Kier molecular flexibility index (Phi) is 3.75. The van der Waals surface area contributed by atoms with Gasteiger partial charge in [-0.3, -0.25) is 0 Å². The van der Waals surface area contributed by atoms with Crippen molar-refractivity contribution in [1.82, 2.24) is 0 Å². The van der Waals surface area contributed by atoms with Crippen LogP contribution in [-0.2, 0) is 12.8 Å². The SMILES string of the molecule is Cc1c(Cc2ccccc2)c(=O)oc2c3c(c(O)cc12)N(C)CCC3. The fourth-order valence-corrected chi connectivity index (χ4v) is 3.83. The third-order valence-electron chi connectivity index (χ3n) is 5.15. The van der Waals surface area contributed by atoms with Gasteiger partial charge in [0.25, 0.3) is 0 Å². The number of aromatic hydroxyl groups is 1. The second-order valence-electron chi connectivity index (χ2n) is 6.78. The number of hydrogen-bond donors (Lipinski definition) is 1. The van der Waals surface area contributed by atoms with E-state index >= 15 is 0 Å². The molecule has 0 bridgehead atoms. The smallest absolute Gasteiger partial charge is 0.340 e. The van der Waals surface area contributed by atoms with Crippen LogP contribution in [0.5, 0.6) is 5.75 Å². The average molecular weight is 335 g/mol. The molecule has 4 nitrogen and oxygen atoms in total. The summed E-state index contributed by atoms with van der Waals surface area (Å²) in [5.41, 5.74) is 4.68. The van der Waals surface area contributed by atoms with Crippen LogP contribution in [0.3, 0.4) is 0 Å². The Morgan fingerprint density at radius 2 is 2.00 bits per heavy atom. The van der Waals surface area contributed by atoms with E-state index in [1.54, 1.807) is 6.07 Å². The van der Waals surface area contributed by atoms with E-state index in [0.717, 1.165) is 47.2 Å². The first-order chi connectivity index (χ1) is 12.1. The number of rotatable bonds is 2. The van der Waals surface area contributed by atoms with E-state index in [2.05, 4.69) is 0 Å². The summed E-state index contributed by atoms with van der Waals surface area (Å²) in [6.07, 6.45) is 2.32. The van der Waals surface area contributed by atoms with Gasteiger partial charge in [0.05, 0.1) is 5.69 Å². The van der Waals surface area contributed by atoms with E-state index in [-0.39, 0.29) is 11.4 Å². The predicted octanol–water partition coefficient (Wildman–Crippen LogP) is 3.78. The van der Waals surface area contributed by atoms with Crippen molar-refractivity contribution in [3.05, 3.63) is 69.1 Å². The number of aryl methyl sites for hydroxylation is 2. The molecule has 25 heavy (non-hydrogen) atoms. The molecule has 0 saturated heterocycles. The topological polar surface area (TPSA) is 53.7 Å². The zero-order chi connectivity index (χ0) is 17.6. The first kappa shape index (κ1) is 15.8. The summed E-state index contributed by atoms with van der Waals surface area (Å²) in [5.74, 6) is 0.257. The van der Waals surface area contributed by atoms with E-state index in [1.807, 2.05) is 49.2 Å². The van der Waals surface area contributed by atoms with Gasteiger partial charge >= 0.3 is 5.63 Å². The quantitative estimate of drug-likeness (QED) is 0.724. The molecular weight excluding hydrogens is 314 g/mol. The van der Waals surface area contributed by atoms with Gasteiger partial charge in [-0.05, 0) is 37.0 Å². The Morgan fingerprint density at radius 3 is 2.76 bits per heavy atom. The van der Waals surface area contributed by atoms with E-state index in [4.69, 9.17) is 4.42 Å². The summed E-state index contributed by atoms with van der Waals surface area (Å²) in [5, 5.41) is 11.4. The fourth-order valence-electron chi connectivity index (χ4n) is 3.83.